The largest absolute Gasteiger partial charge is 0.317 e. The van der Waals surface area contributed by atoms with Gasteiger partial charge >= 0.3 is 0 Å². The summed E-state index contributed by atoms with van der Waals surface area (Å²) in [6.45, 7) is 1.41. The molecule has 0 unspecified atom stereocenters. The van der Waals surface area contributed by atoms with Crippen LogP contribution in [0.3, 0.4) is 0 Å². The van der Waals surface area contributed by atoms with E-state index in [0.29, 0.717) is 31.6 Å². The Kier molecular flexibility index (Phi) is 4.24. The molecule has 7 heteroatoms. The van der Waals surface area contributed by atoms with Gasteiger partial charge in [-0.15, -0.1) is 0 Å². The average molecular weight is 337 g/mol. The molecule has 0 aliphatic carbocycles. The Morgan fingerprint density at radius 2 is 2.00 bits per heavy atom. The Balaban J connectivity index is 2.13. The van der Waals surface area contributed by atoms with Gasteiger partial charge in [0, 0.05) is 5.69 Å². The summed E-state index contributed by atoms with van der Waals surface area (Å²) in [5.74, 6) is -0.417. The fraction of sp³-hybridized carbons (Fsp3) is 0.455. The molecule has 2 N–H and O–H groups in total. The number of halogens is 2. The van der Waals surface area contributed by atoms with E-state index in [9.17, 15) is 12.8 Å². The molecule has 1 heterocycles. The lowest BCUT2D eigenvalue weighted by Crippen LogP contribution is -2.38. The van der Waals surface area contributed by atoms with E-state index in [2.05, 4.69) is 26.0 Å². The fourth-order valence-corrected chi connectivity index (χ4v) is 3.77. The van der Waals surface area contributed by atoms with Gasteiger partial charge in [0.15, 0.2) is 0 Å². The second kappa shape index (κ2) is 5.54. The highest BCUT2D eigenvalue weighted by atomic mass is 79.9. The van der Waals surface area contributed by atoms with Crippen LogP contribution in [0.5, 0.6) is 0 Å². The minimum absolute atomic E-state index is 0.244. The highest BCUT2D eigenvalue weighted by molar-refractivity contribution is 9.10. The summed E-state index contributed by atoms with van der Waals surface area (Å²) in [5, 5.41) is 2.73. The van der Waals surface area contributed by atoms with Gasteiger partial charge in [0.2, 0.25) is 10.0 Å². The molecule has 4 nitrogen and oxygen atoms in total. The maximum absolute atomic E-state index is 13.1. The van der Waals surface area contributed by atoms with E-state index < -0.39 is 15.8 Å². The van der Waals surface area contributed by atoms with E-state index in [1.165, 1.54) is 18.2 Å². The van der Waals surface area contributed by atoms with Crippen molar-refractivity contribution in [2.24, 2.45) is 0 Å². The third-order valence-electron chi connectivity index (χ3n) is 2.90. The summed E-state index contributed by atoms with van der Waals surface area (Å²) >= 11 is 3.03. The molecule has 0 bridgehead atoms. The third-order valence-corrected chi connectivity index (χ3v) is 5.38. The molecule has 2 rings (SSSR count). The third kappa shape index (κ3) is 3.21. The summed E-state index contributed by atoms with van der Waals surface area (Å²) in [4.78, 5) is 0. The van der Waals surface area contributed by atoms with Gasteiger partial charge in [0.1, 0.15) is 5.82 Å². The van der Waals surface area contributed by atoms with Gasteiger partial charge in [-0.2, -0.15) is 0 Å². The lowest BCUT2D eigenvalue weighted by molar-refractivity contribution is 0.499. The number of piperidine rings is 1. The van der Waals surface area contributed by atoms with Crippen molar-refractivity contribution in [3.05, 3.63) is 28.5 Å². The van der Waals surface area contributed by atoms with Crippen LogP contribution in [-0.4, -0.2) is 26.8 Å². The van der Waals surface area contributed by atoms with E-state index in [1.807, 2.05) is 0 Å². The van der Waals surface area contributed by atoms with Crippen LogP contribution < -0.4 is 10.0 Å². The maximum Gasteiger partial charge on any atom is 0.235 e. The predicted octanol–water partition coefficient (Wildman–Crippen LogP) is 2.08. The molecule has 1 aromatic rings. The minimum Gasteiger partial charge on any atom is -0.317 e. The molecule has 0 aromatic heterocycles. The first-order valence-electron chi connectivity index (χ1n) is 5.66. The SMILES string of the molecule is O=S(=O)(Nc1ccc(F)c(Br)c1)C1CCNCC1. The molecule has 1 aliphatic heterocycles. The van der Waals surface area contributed by atoms with Gasteiger partial charge in [-0.1, -0.05) is 0 Å². The van der Waals surface area contributed by atoms with E-state index in [4.69, 9.17) is 0 Å². The number of benzene rings is 1. The molecule has 100 valence electrons. The first-order valence-corrected chi connectivity index (χ1v) is 8.00. The van der Waals surface area contributed by atoms with Gasteiger partial charge < -0.3 is 5.32 Å². The molecule has 0 saturated carbocycles. The summed E-state index contributed by atoms with van der Waals surface area (Å²) < 4.78 is 40.0. The molecule has 0 radical (unpaired) electrons. The van der Waals surface area contributed by atoms with Crippen molar-refractivity contribution < 1.29 is 12.8 Å². The van der Waals surface area contributed by atoms with Crippen LogP contribution in [0.1, 0.15) is 12.8 Å². The van der Waals surface area contributed by atoms with E-state index in [1.54, 1.807) is 0 Å². The minimum atomic E-state index is -3.40. The molecule has 1 fully saturated rings. The zero-order valence-corrected chi connectivity index (χ0v) is 12.0. The van der Waals surface area contributed by atoms with E-state index in [0.717, 1.165) is 0 Å². The van der Waals surface area contributed by atoms with Gasteiger partial charge in [-0.25, -0.2) is 12.8 Å². The quantitative estimate of drug-likeness (QED) is 0.888. The average Bonchev–Trinajstić information content (AvgIpc) is 2.35. The van der Waals surface area contributed by atoms with Gasteiger partial charge in [0.05, 0.1) is 9.72 Å². The van der Waals surface area contributed by atoms with Crippen molar-refractivity contribution in [3.8, 4) is 0 Å². The highest BCUT2D eigenvalue weighted by Crippen LogP contribution is 2.23. The van der Waals surface area contributed by atoms with Crippen molar-refractivity contribution in [1.29, 1.82) is 0 Å². The zero-order valence-electron chi connectivity index (χ0n) is 9.62. The Morgan fingerprint density at radius 3 is 2.61 bits per heavy atom. The molecule has 0 amide bonds. The van der Waals surface area contributed by atoms with Crippen LogP contribution >= 0.6 is 15.9 Å². The van der Waals surface area contributed by atoms with Gasteiger partial charge in [0.25, 0.3) is 0 Å². The molecule has 1 aromatic carbocycles. The lowest BCUT2D eigenvalue weighted by Gasteiger charge is -2.23. The summed E-state index contributed by atoms with van der Waals surface area (Å²) in [6, 6.07) is 4.07. The van der Waals surface area contributed by atoms with Gasteiger partial charge in [-0.05, 0) is 60.1 Å². The molecule has 0 atom stereocenters. The van der Waals surface area contributed by atoms with Crippen LogP contribution in [0.4, 0.5) is 10.1 Å². The van der Waals surface area contributed by atoms with Crippen molar-refractivity contribution >= 4 is 31.6 Å². The van der Waals surface area contributed by atoms with Crippen LogP contribution in [0.25, 0.3) is 0 Å². The van der Waals surface area contributed by atoms with E-state index >= 15 is 0 Å². The number of rotatable bonds is 3. The Bertz CT molecular complexity index is 530. The topological polar surface area (TPSA) is 58.2 Å². The molecule has 18 heavy (non-hydrogen) atoms. The number of hydrogen-bond donors (Lipinski definition) is 2. The van der Waals surface area contributed by atoms with Crippen molar-refractivity contribution in [2.45, 2.75) is 18.1 Å². The van der Waals surface area contributed by atoms with Crippen LogP contribution in [0.2, 0.25) is 0 Å². The number of anilines is 1. The number of hydrogen-bond acceptors (Lipinski definition) is 3. The number of nitrogens with one attached hydrogen (secondary N) is 2. The van der Waals surface area contributed by atoms with Crippen LogP contribution in [0.15, 0.2) is 22.7 Å². The highest BCUT2D eigenvalue weighted by Gasteiger charge is 2.27. The second-order valence-corrected chi connectivity index (χ2v) is 7.04. The zero-order chi connectivity index (χ0) is 13.2. The Labute approximate surface area is 114 Å². The van der Waals surface area contributed by atoms with Crippen molar-refractivity contribution in [2.75, 3.05) is 17.8 Å². The number of sulfonamides is 1. The van der Waals surface area contributed by atoms with Crippen molar-refractivity contribution in [1.82, 2.24) is 5.32 Å². The summed E-state index contributed by atoms with van der Waals surface area (Å²) in [6.07, 6.45) is 1.19. The normalized spacial score (nSPS) is 17.7. The molecule has 1 saturated heterocycles. The molecule has 0 spiro atoms. The van der Waals surface area contributed by atoms with Crippen molar-refractivity contribution in [3.63, 3.8) is 0 Å². The lowest BCUT2D eigenvalue weighted by atomic mass is 10.2. The molecular formula is C11H14BrFN2O2S. The smallest absolute Gasteiger partial charge is 0.235 e. The van der Waals surface area contributed by atoms with Crippen LogP contribution in [0, 0.1) is 5.82 Å². The second-order valence-electron chi connectivity index (χ2n) is 4.23. The first-order chi connectivity index (χ1) is 8.49. The van der Waals surface area contributed by atoms with Gasteiger partial charge in [-0.3, -0.25) is 4.72 Å². The summed E-state index contributed by atoms with van der Waals surface area (Å²) in [7, 11) is -3.40. The van der Waals surface area contributed by atoms with Crippen LogP contribution in [-0.2, 0) is 10.0 Å². The molecular weight excluding hydrogens is 323 g/mol. The van der Waals surface area contributed by atoms with E-state index in [-0.39, 0.29) is 9.72 Å². The fourth-order valence-electron chi connectivity index (χ4n) is 1.91. The monoisotopic (exact) mass is 336 g/mol. The first kappa shape index (κ1) is 13.8. The standard InChI is InChI=1S/C11H14BrFN2O2S/c12-10-7-8(1-2-11(10)13)15-18(16,17)9-3-5-14-6-4-9/h1-2,7,9,14-15H,3-6H2. The molecule has 1 aliphatic rings. The predicted molar refractivity (Wildman–Crippen MR) is 72.5 cm³/mol. The maximum atomic E-state index is 13.1. The Hall–Kier alpha value is -0.660. The summed E-state index contributed by atoms with van der Waals surface area (Å²) in [5.41, 5.74) is 0.377. The Morgan fingerprint density at radius 1 is 1.33 bits per heavy atom.